The number of aromatic carboxylic acids is 1. The van der Waals surface area contributed by atoms with Gasteiger partial charge in [0.15, 0.2) is 10.6 Å². The fourth-order valence-electron chi connectivity index (χ4n) is 5.76. The molecule has 0 amide bonds. The van der Waals surface area contributed by atoms with E-state index in [1.165, 1.54) is 12.3 Å². The summed E-state index contributed by atoms with van der Waals surface area (Å²) >= 11 is 8.39. The number of carboxylic acids is 1. The number of methoxy groups -OCH3 is 2. The Morgan fingerprint density at radius 2 is 1.88 bits per heavy atom. The maximum atomic E-state index is 12.9. The monoisotopic (exact) mass is 623 g/mol. The van der Waals surface area contributed by atoms with Crippen LogP contribution in [0.1, 0.15) is 16.8 Å². The Kier molecular flexibility index (Phi) is 8.69. The molecule has 2 fully saturated rings. The van der Waals surface area contributed by atoms with Gasteiger partial charge in [0.05, 0.1) is 39.3 Å². The van der Waals surface area contributed by atoms with Crippen LogP contribution in [0, 0.1) is 0 Å². The molecule has 226 valence electrons. The van der Waals surface area contributed by atoms with Crippen LogP contribution >= 0.6 is 22.9 Å². The molecule has 0 bridgehead atoms. The smallest absolute Gasteiger partial charge is 0.341 e. The minimum absolute atomic E-state index is 0.164. The number of hydrogen-bond donors (Lipinski definition) is 1. The molecule has 10 nitrogen and oxygen atoms in total. The van der Waals surface area contributed by atoms with Gasteiger partial charge in [-0.1, -0.05) is 29.0 Å². The number of benzene rings is 2. The standard InChI is InChI=1S/C31H34ClN5O5S/c1-41-14-13-34-9-11-35(12-10-34)31-33-25-5-4-21(16-29(25)43-31)37-19-23(30(39)40)28(38)17-27(37)20-3-6-26(24(32)15-20)36-8-7-22(18-36)42-2/h3-6,15-17,19,22H,7-14,18H2,1-2H3,(H,39,40). The van der Waals surface area contributed by atoms with E-state index in [-0.39, 0.29) is 11.7 Å². The highest BCUT2D eigenvalue weighted by atomic mass is 35.5. The van der Waals surface area contributed by atoms with E-state index in [2.05, 4.69) is 14.7 Å². The molecule has 1 N–H and O–H groups in total. The summed E-state index contributed by atoms with van der Waals surface area (Å²) < 4.78 is 13.4. The van der Waals surface area contributed by atoms with Crippen molar-refractivity contribution in [3.8, 4) is 16.9 Å². The molecule has 0 spiro atoms. The number of carbonyl (C=O) groups is 1. The zero-order valence-corrected chi connectivity index (χ0v) is 25.7. The zero-order chi connectivity index (χ0) is 30.1. The molecule has 12 heteroatoms. The van der Waals surface area contributed by atoms with Crippen LogP contribution in [0.4, 0.5) is 10.8 Å². The van der Waals surface area contributed by atoms with Gasteiger partial charge in [0, 0.05) is 83.5 Å². The van der Waals surface area contributed by atoms with Gasteiger partial charge in [-0.25, -0.2) is 9.78 Å². The van der Waals surface area contributed by atoms with Crippen LogP contribution in [0.5, 0.6) is 0 Å². The predicted molar refractivity (Wildman–Crippen MR) is 171 cm³/mol. The first-order chi connectivity index (χ1) is 20.8. The number of ether oxygens (including phenoxy) is 2. The maximum Gasteiger partial charge on any atom is 0.341 e. The molecule has 4 heterocycles. The van der Waals surface area contributed by atoms with Crippen LogP contribution in [-0.4, -0.2) is 98.3 Å². The van der Waals surface area contributed by atoms with E-state index in [4.69, 9.17) is 26.1 Å². The Labute approximate surface area is 258 Å². The Morgan fingerprint density at radius 3 is 2.58 bits per heavy atom. The lowest BCUT2D eigenvalue weighted by Gasteiger charge is -2.34. The second-order valence-corrected chi connectivity index (χ2v) is 12.3. The Morgan fingerprint density at radius 1 is 1.07 bits per heavy atom. The van der Waals surface area contributed by atoms with Crippen molar-refractivity contribution >= 4 is 49.9 Å². The van der Waals surface area contributed by atoms with Gasteiger partial charge in [0.1, 0.15) is 5.56 Å². The molecule has 2 aliphatic heterocycles. The molecule has 2 aromatic heterocycles. The second kappa shape index (κ2) is 12.6. The van der Waals surface area contributed by atoms with E-state index in [9.17, 15) is 14.7 Å². The van der Waals surface area contributed by atoms with E-state index >= 15 is 0 Å². The summed E-state index contributed by atoms with van der Waals surface area (Å²) in [7, 11) is 3.44. The van der Waals surface area contributed by atoms with E-state index in [1.54, 1.807) is 30.1 Å². The van der Waals surface area contributed by atoms with Gasteiger partial charge in [-0.05, 0) is 36.8 Å². The van der Waals surface area contributed by atoms with Crippen LogP contribution in [0.15, 0.2) is 53.5 Å². The van der Waals surface area contributed by atoms with Crippen LogP contribution in [0.3, 0.4) is 0 Å². The van der Waals surface area contributed by atoms with E-state index in [0.29, 0.717) is 16.3 Å². The highest BCUT2D eigenvalue weighted by Gasteiger charge is 2.25. The van der Waals surface area contributed by atoms with Crippen molar-refractivity contribution in [2.45, 2.75) is 12.5 Å². The molecule has 43 heavy (non-hydrogen) atoms. The van der Waals surface area contributed by atoms with Gasteiger partial charge in [0.2, 0.25) is 0 Å². The minimum atomic E-state index is -1.27. The number of rotatable bonds is 9. The summed E-state index contributed by atoms with van der Waals surface area (Å²) in [5.41, 5.74) is 2.90. The van der Waals surface area contributed by atoms with Crippen molar-refractivity contribution in [1.29, 1.82) is 0 Å². The van der Waals surface area contributed by atoms with Crippen LogP contribution < -0.4 is 15.2 Å². The quantitative estimate of drug-likeness (QED) is 0.290. The number of thiazole rings is 1. The lowest BCUT2D eigenvalue weighted by Crippen LogP contribution is -2.47. The third-order valence-corrected chi connectivity index (χ3v) is 9.62. The van der Waals surface area contributed by atoms with Crippen molar-refractivity contribution in [2.75, 3.05) is 76.4 Å². The number of piperazine rings is 1. The molecule has 0 aliphatic carbocycles. The fraction of sp³-hybridized carbons (Fsp3) is 0.387. The third-order valence-electron chi connectivity index (χ3n) is 8.24. The topological polar surface area (TPSA) is 100 Å². The van der Waals surface area contributed by atoms with Crippen molar-refractivity contribution in [3.63, 3.8) is 0 Å². The highest BCUT2D eigenvalue weighted by Crippen LogP contribution is 2.35. The summed E-state index contributed by atoms with van der Waals surface area (Å²) in [5.74, 6) is -1.27. The number of halogens is 1. The lowest BCUT2D eigenvalue weighted by atomic mass is 10.1. The lowest BCUT2D eigenvalue weighted by molar-refractivity contribution is 0.0695. The largest absolute Gasteiger partial charge is 0.477 e. The molecule has 0 radical (unpaired) electrons. The van der Waals surface area contributed by atoms with E-state index in [0.717, 1.165) is 85.6 Å². The maximum absolute atomic E-state index is 12.9. The van der Waals surface area contributed by atoms with Gasteiger partial charge in [0.25, 0.3) is 0 Å². The van der Waals surface area contributed by atoms with E-state index in [1.807, 2.05) is 36.4 Å². The van der Waals surface area contributed by atoms with E-state index < -0.39 is 11.4 Å². The van der Waals surface area contributed by atoms with Crippen molar-refractivity contribution in [2.24, 2.45) is 0 Å². The molecule has 0 saturated carbocycles. The molecule has 4 aromatic rings. The van der Waals surface area contributed by atoms with Gasteiger partial charge >= 0.3 is 5.97 Å². The number of fused-ring (bicyclic) bond motifs is 1. The first-order valence-electron chi connectivity index (χ1n) is 14.3. The summed E-state index contributed by atoms with van der Waals surface area (Å²) in [5, 5.41) is 11.3. The molecule has 1 atom stereocenters. The van der Waals surface area contributed by atoms with Crippen molar-refractivity contribution < 1.29 is 19.4 Å². The average Bonchev–Trinajstić information content (AvgIpc) is 3.67. The average molecular weight is 624 g/mol. The molecule has 1 unspecified atom stereocenters. The van der Waals surface area contributed by atoms with Gasteiger partial charge in [-0.2, -0.15) is 0 Å². The number of carboxylic acid groups (broad SMARTS) is 1. The summed E-state index contributed by atoms with van der Waals surface area (Å²) in [6.45, 7) is 6.94. The second-order valence-electron chi connectivity index (χ2n) is 10.8. The van der Waals surface area contributed by atoms with Gasteiger partial charge in [-0.15, -0.1) is 0 Å². The zero-order valence-electron chi connectivity index (χ0n) is 24.2. The normalized spacial score (nSPS) is 17.7. The molecular weight excluding hydrogens is 590 g/mol. The summed E-state index contributed by atoms with van der Waals surface area (Å²) in [6, 6.07) is 12.9. The minimum Gasteiger partial charge on any atom is -0.477 e. The number of nitrogens with zero attached hydrogens (tertiary/aromatic N) is 5. The SMILES string of the molecule is COCCN1CCN(c2nc3ccc(-n4cc(C(=O)O)c(=O)cc4-c4ccc(N5CCC(OC)C5)c(Cl)c4)cc3s2)CC1. The Bertz CT molecular complexity index is 1700. The fourth-order valence-corrected chi connectivity index (χ4v) is 7.11. The number of aromatic nitrogens is 2. The molecule has 2 aliphatic rings. The molecule has 6 rings (SSSR count). The Hall–Kier alpha value is -3.48. The van der Waals surface area contributed by atoms with Crippen LogP contribution in [0.2, 0.25) is 5.02 Å². The summed E-state index contributed by atoms with van der Waals surface area (Å²) in [6.07, 6.45) is 2.49. The highest BCUT2D eigenvalue weighted by molar-refractivity contribution is 7.22. The van der Waals surface area contributed by atoms with Gasteiger partial charge in [-0.3, -0.25) is 9.69 Å². The molecule has 2 saturated heterocycles. The van der Waals surface area contributed by atoms with Crippen molar-refractivity contribution in [3.05, 3.63) is 69.5 Å². The predicted octanol–water partition coefficient (Wildman–Crippen LogP) is 4.46. The number of pyridine rings is 1. The molecular formula is C31H34ClN5O5S. The molecule has 2 aromatic carbocycles. The first kappa shape index (κ1) is 29.6. The van der Waals surface area contributed by atoms with Crippen LogP contribution in [-0.2, 0) is 9.47 Å². The first-order valence-corrected chi connectivity index (χ1v) is 15.5. The van der Waals surface area contributed by atoms with Crippen molar-refractivity contribution in [1.82, 2.24) is 14.5 Å². The Balaban J connectivity index is 1.33. The van der Waals surface area contributed by atoms with Crippen LogP contribution in [0.25, 0.3) is 27.2 Å². The third kappa shape index (κ3) is 6.13. The van der Waals surface area contributed by atoms with Gasteiger partial charge < -0.3 is 28.9 Å². The summed E-state index contributed by atoms with van der Waals surface area (Å²) in [4.78, 5) is 36.6. The number of anilines is 2. The number of hydrogen-bond acceptors (Lipinski definition) is 9.